The van der Waals surface area contributed by atoms with Gasteiger partial charge in [-0.2, -0.15) is 5.10 Å². The molecule has 4 rings (SSSR count). The topological polar surface area (TPSA) is 91.0 Å². The summed E-state index contributed by atoms with van der Waals surface area (Å²) in [4.78, 5) is 28.8. The smallest absolute Gasteiger partial charge is 0.271 e. The first-order chi connectivity index (χ1) is 15.1. The first-order valence-corrected chi connectivity index (χ1v) is 9.97. The van der Waals surface area contributed by atoms with Crippen LogP contribution < -0.4 is 10.9 Å². The van der Waals surface area contributed by atoms with Gasteiger partial charge in [0, 0.05) is 26.3 Å². The van der Waals surface area contributed by atoms with Crippen LogP contribution >= 0.6 is 0 Å². The summed E-state index contributed by atoms with van der Waals surface area (Å²) in [6, 6.07) is 18.8. The second kappa shape index (κ2) is 9.36. The number of rotatable bonds is 8. The van der Waals surface area contributed by atoms with E-state index in [1.54, 1.807) is 7.11 Å². The number of carbonyl (C=O) groups is 1. The first kappa shape index (κ1) is 20.5. The molecule has 1 amide bonds. The monoisotopic (exact) mass is 417 g/mol. The number of para-hydroxylation sites is 2. The number of aromatic nitrogens is 4. The number of hydrogen-bond donors (Lipinski definition) is 1. The van der Waals surface area contributed by atoms with Crippen molar-refractivity contribution in [2.75, 3.05) is 13.7 Å². The molecule has 0 fully saturated rings. The van der Waals surface area contributed by atoms with E-state index in [1.165, 1.54) is 16.8 Å². The molecule has 0 unspecified atom stereocenters. The fourth-order valence-corrected chi connectivity index (χ4v) is 3.35. The van der Waals surface area contributed by atoms with Gasteiger partial charge in [0.15, 0.2) is 0 Å². The molecule has 1 N–H and O–H groups in total. The summed E-state index contributed by atoms with van der Waals surface area (Å²) in [5.41, 5.74) is 4.05. The highest BCUT2D eigenvalue weighted by molar-refractivity contribution is 5.91. The number of nitrogens with one attached hydrogen (secondary N) is 1. The molecule has 0 aliphatic rings. The quantitative estimate of drug-likeness (QED) is 0.475. The Bertz CT molecular complexity index is 1260. The third kappa shape index (κ3) is 4.87. The third-order valence-corrected chi connectivity index (χ3v) is 4.93. The Balaban J connectivity index is 1.42. The number of hydrogen-bond acceptors (Lipinski definition) is 5. The van der Waals surface area contributed by atoms with Crippen molar-refractivity contribution in [3.63, 3.8) is 0 Å². The molecule has 0 bridgehead atoms. The van der Waals surface area contributed by atoms with Gasteiger partial charge < -0.3 is 14.6 Å². The zero-order chi connectivity index (χ0) is 21.6. The first-order valence-electron chi connectivity index (χ1n) is 9.97. The molecule has 2 heterocycles. The summed E-state index contributed by atoms with van der Waals surface area (Å²) in [6.07, 6.45) is 1.84. The number of carbonyl (C=O) groups excluding carboxylic acids is 1. The summed E-state index contributed by atoms with van der Waals surface area (Å²) in [6.45, 7) is 1.68. The second-order valence-corrected chi connectivity index (χ2v) is 7.14. The lowest BCUT2D eigenvalue weighted by Crippen LogP contribution is -2.30. The molecule has 31 heavy (non-hydrogen) atoms. The van der Waals surface area contributed by atoms with Gasteiger partial charge in [0.1, 0.15) is 5.69 Å². The standard InChI is InChI=1S/C23H23N5O3/c1-31-12-11-28-22(29)10-9-20(26-28)23(30)24-14-17-5-4-6-18(13-17)15-27-16-25-19-7-2-3-8-21(19)27/h2-10,13,16H,11-12,14-15H2,1H3,(H,24,30). The summed E-state index contributed by atoms with van der Waals surface area (Å²) in [5, 5.41) is 6.99. The van der Waals surface area contributed by atoms with Crippen molar-refractivity contribution in [1.29, 1.82) is 0 Å². The van der Waals surface area contributed by atoms with Crippen molar-refractivity contribution in [2.45, 2.75) is 19.6 Å². The van der Waals surface area contributed by atoms with Crippen molar-refractivity contribution < 1.29 is 9.53 Å². The highest BCUT2D eigenvalue weighted by Gasteiger charge is 2.10. The predicted octanol–water partition coefficient (Wildman–Crippen LogP) is 2.22. The molecule has 2 aromatic heterocycles. The lowest BCUT2D eigenvalue weighted by atomic mass is 10.1. The molecule has 0 aliphatic heterocycles. The van der Waals surface area contributed by atoms with E-state index < -0.39 is 0 Å². The predicted molar refractivity (Wildman–Crippen MR) is 117 cm³/mol. The molecule has 0 spiro atoms. The van der Waals surface area contributed by atoms with Gasteiger partial charge in [-0.1, -0.05) is 36.4 Å². The lowest BCUT2D eigenvalue weighted by Gasteiger charge is -2.09. The number of imidazole rings is 1. The number of amides is 1. The van der Waals surface area contributed by atoms with Crippen LogP contribution in [0.5, 0.6) is 0 Å². The highest BCUT2D eigenvalue weighted by Crippen LogP contribution is 2.15. The largest absolute Gasteiger partial charge is 0.383 e. The average Bonchev–Trinajstić information content (AvgIpc) is 3.20. The summed E-state index contributed by atoms with van der Waals surface area (Å²) in [7, 11) is 1.55. The minimum Gasteiger partial charge on any atom is -0.383 e. The van der Waals surface area contributed by atoms with E-state index in [0.717, 1.165) is 22.2 Å². The maximum Gasteiger partial charge on any atom is 0.271 e. The van der Waals surface area contributed by atoms with Gasteiger partial charge in [0.05, 0.1) is 30.5 Å². The van der Waals surface area contributed by atoms with Gasteiger partial charge in [-0.05, 0) is 29.3 Å². The van der Waals surface area contributed by atoms with E-state index in [2.05, 4.69) is 26.0 Å². The zero-order valence-corrected chi connectivity index (χ0v) is 17.2. The van der Waals surface area contributed by atoms with Crippen molar-refractivity contribution >= 4 is 16.9 Å². The zero-order valence-electron chi connectivity index (χ0n) is 17.2. The second-order valence-electron chi connectivity index (χ2n) is 7.14. The maximum absolute atomic E-state index is 12.5. The normalized spacial score (nSPS) is 11.0. The van der Waals surface area contributed by atoms with Crippen LogP contribution in [0.15, 0.2) is 71.8 Å². The Labute approximate surface area is 179 Å². The van der Waals surface area contributed by atoms with Crippen molar-refractivity contribution in [2.24, 2.45) is 0 Å². The fraction of sp³-hybridized carbons (Fsp3) is 0.217. The van der Waals surface area contributed by atoms with Crippen LogP contribution in [-0.4, -0.2) is 39.0 Å². The van der Waals surface area contributed by atoms with Crippen LogP contribution in [-0.2, 0) is 24.4 Å². The number of nitrogens with zero attached hydrogens (tertiary/aromatic N) is 4. The molecule has 8 nitrogen and oxygen atoms in total. The molecule has 0 saturated carbocycles. The summed E-state index contributed by atoms with van der Waals surface area (Å²) < 4.78 is 8.30. The van der Waals surface area contributed by atoms with Crippen LogP contribution in [0, 0.1) is 0 Å². The summed E-state index contributed by atoms with van der Waals surface area (Å²) in [5.74, 6) is -0.336. The lowest BCUT2D eigenvalue weighted by molar-refractivity contribution is 0.0942. The molecule has 4 aromatic rings. The van der Waals surface area contributed by atoms with Gasteiger partial charge >= 0.3 is 0 Å². The minimum absolute atomic E-state index is 0.191. The van der Waals surface area contributed by atoms with Gasteiger partial charge in [-0.15, -0.1) is 0 Å². The number of benzene rings is 2. The Morgan fingerprint density at radius 2 is 1.90 bits per heavy atom. The number of fused-ring (bicyclic) bond motifs is 1. The Morgan fingerprint density at radius 1 is 1.06 bits per heavy atom. The van der Waals surface area contributed by atoms with Gasteiger partial charge in [-0.3, -0.25) is 9.59 Å². The molecule has 2 aromatic carbocycles. The molecule has 0 aliphatic carbocycles. The van der Waals surface area contributed by atoms with E-state index >= 15 is 0 Å². The van der Waals surface area contributed by atoms with E-state index in [9.17, 15) is 9.59 Å². The molecular weight excluding hydrogens is 394 g/mol. The van der Waals surface area contributed by atoms with Crippen molar-refractivity contribution in [3.8, 4) is 0 Å². The molecule has 8 heteroatoms. The maximum atomic E-state index is 12.5. The average molecular weight is 417 g/mol. The number of methoxy groups -OCH3 is 1. The van der Waals surface area contributed by atoms with Gasteiger partial charge in [0.2, 0.25) is 0 Å². The fourth-order valence-electron chi connectivity index (χ4n) is 3.35. The number of ether oxygens (including phenoxy) is 1. The van der Waals surface area contributed by atoms with Gasteiger partial charge in [0.25, 0.3) is 11.5 Å². The Morgan fingerprint density at radius 3 is 2.77 bits per heavy atom. The third-order valence-electron chi connectivity index (χ3n) is 4.93. The molecule has 0 saturated heterocycles. The minimum atomic E-state index is -0.336. The van der Waals surface area contributed by atoms with Crippen LogP contribution in [0.1, 0.15) is 21.6 Å². The van der Waals surface area contributed by atoms with E-state index in [4.69, 9.17) is 4.74 Å². The van der Waals surface area contributed by atoms with Crippen LogP contribution in [0.4, 0.5) is 0 Å². The highest BCUT2D eigenvalue weighted by atomic mass is 16.5. The van der Waals surface area contributed by atoms with E-state index in [-0.39, 0.29) is 17.2 Å². The van der Waals surface area contributed by atoms with E-state index in [1.807, 2.05) is 48.8 Å². The van der Waals surface area contributed by atoms with Crippen LogP contribution in [0.25, 0.3) is 11.0 Å². The molecule has 0 atom stereocenters. The SMILES string of the molecule is COCCn1nc(C(=O)NCc2cccc(Cn3cnc4ccccc43)c2)ccc1=O. The van der Waals surface area contributed by atoms with Crippen molar-refractivity contribution in [3.05, 3.63) is 94.2 Å². The van der Waals surface area contributed by atoms with Crippen LogP contribution in [0.2, 0.25) is 0 Å². The van der Waals surface area contributed by atoms with Crippen LogP contribution in [0.3, 0.4) is 0 Å². The Kier molecular flexibility index (Phi) is 6.18. The van der Waals surface area contributed by atoms with E-state index in [0.29, 0.717) is 26.2 Å². The Hall–Kier alpha value is -3.78. The molecule has 158 valence electrons. The van der Waals surface area contributed by atoms with Crippen molar-refractivity contribution in [1.82, 2.24) is 24.6 Å². The molecular formula is C23H23N5O3. The molecule has 0 radical (unpaired) electrons. The van der Waals surface area contributed by atoms with Gasteiger partial charge in [-0.25, -0.2) is 9.67 Å². The summed E-state index contributed by atoms with van der Waals surface area (Å²) >= 11 is 0.